The molecule has 0 bridgehead atoms. The Morgan fingerprint density at radius 1 is 1.18 bits per heavy atom. The van der Waals surface area contributed by atoms with Crippen LogP contribution in [-0.4, -0.2) is 59.7 Å². The third kappa shape index (κ3) is 4.83. The van der Waals surface area contributed by atoms with Crippen LogP contribution in [0.5, 0.6) is 5.75 Å². The van der Waals surface area contributed by atoms with Gasteiger partial charge in [-0.15, -0.1) is 11.3 Å². The molecule has 3 heterocycles. The highest BCUT2D eigenvalue weighted by Crippen LogP contribution is 2.34. The lowest BCUT2D eigenvalue weighted by Crippen LogP contribution is -2.46. The number of likely N-dealkylation sites (N-methyl/N-ethyl adjacent to an activating group) is 1. The van der Waals surface area contributed by atoms with Gasteiger partial charge >= 0.3 is 0 Å². The number of nitrogens with zero attached hydrogens (tertiary/aromatic N) is 2. The van der Waals surface area contributed by atoms with Crippen LogP contribution in [-0.2, 0) is 11.2 Å². The number of thiophene rings is 1. The summed E-state index contributed by atoms with van der Waals surface area (Å²) in [6, 6.07) is 20.5. The number of aliphatic hydroxyl groups excluding tert-OH is 1. The van der Waals surface area contributed by atoms with Crippen molar-refractivity contribution in [2.75, 3.05) is 26.7 Å². The second-order valence-electron chi connectivity index (χ2n) is 9.02. The van der Waals surface area contributed by atoms with Crippen LogP contribution in [0.25, 0.3) is 10.4 Å². The molecule has 33 heavy (non-hydrogen) atoms. The summed E-state index contributed by atoms with van der Waals surface area (Å²) in [5.41, 5.74) is 3.47. The molecule has 1 saturated heterocycles. The van der Waals surface area contributed by atoms with Gasteiger partial charge in [0.15, 0.2) is 6.10 Å². The number of fused-ring (bicyclic) bond motifs is 1. The summed E-state index contributed by atoms with van der Waals surface area (Å²) in [5, 5.41) is 12.1. The van der Waals surface area contributed by atoms with Crippen molar-refractivity contribution in [2.24, 2.45) is 0 Å². The summed E-state index contributed by atoms with van der Waals surface area (Å²) in [5.74, 6) is 0.823. The molecular weight excluding hydrogens is 432 g/mol. The molecule has 1 N–H and O–H groups in total. The Labute approximate surface area is 199 Å². The van der Waals surface area contributed by atoms with Gasteiger partial charge in [-0.2, -0.15) is 0 Å². The Bertz CT molecular complexity index is 1090. The Kier molecular flexibility index (Phi) is 6.49. The zero-order valence-electron chi connectivity index (χ0n) is 18.9. The fourth-order valence-electron chi connectivity index (χ4n) is 4.89. The van der Waals surface area contributed by atoms with Crippen LogP contribution in [0, 0.1) is 0 Å². The lowest BCUT2D eigenvalue weighted by atomic mass is 9.98. The zero-order valence-corrected chi connectivity index (χ0v) is 19.7. The fraction of sp³-hybridized carbons (Fsp3) is 0.370. The molecular formula is C27H30N2O3S. The van der Waals surface area contributed by atoms with Crippen molar-refractivity contribution in [1.29, 1.82) is 0 Å². The van der Waals surface area contributed by atoms with Crippen LogP contribution < -0.4 is 4.74 Å². The molecule has 2 aliphatic heterocycles. The van der Waals surface area contributed by atoms with Gasteiger partial charge in [-0.25, -0.2) is 0 Å². The van der Waals surface area contributed by atoms with Gasteiger partial charge in [-0.1, -0.05) is 36.4 Å². The molecule has 0 unspecified atom stereocenters. The summed E-state index contributed by atoms with van der Waals surface area (Å²) < 4.78 is 6.22. The maximum absolute atomic E-state index is 13.5. The van der Waals surface area contributed by atoms with Gasteiger partial charge in [0.1, 0.15) is 5.75 Å². The first-order valence-corrected chi connectivity index (χ1v) is 12.5. The van der Waals surface area contributed by atoms with E-state index >= 15 is 0 Å². The Balaban J connectivity index is 1.32. The summed E-state index contributed by atoms with van der Waals surface area (Å²) in [6.07, 6.45) is 1.53. The average Bonchev–Trinajstić information content (AvgIpc) is 3.53. The smallest absolute Gasteiger partial charge is 0.263 e. The van der Waals surface area contributed by atoms with E-state index < -0.39 is 6.10 Å². The molecule has 0 radical (unpaired) electrons. The minimum absolute atomic E-state index is 0.0107. The third-order valence-corrected chi connectivity index (χ3v) is 7.68. The lowest BCUT2D eigenvalue weighted by molar-refractivity contribution is -0.140. The monoisotopic (exact) mass is 462 g/mol. The number of hydrogen-bond donors (Lipinski definition) is 1. The molecule has 0 aliphatic carbocycles. The van der Waals surface area contributed by atoms with Crippen LogP contribution in [0.3, 0.4) is 0 Å². The number of carbonyl (C=O) groups excluding carboxylic acids is 1. The van der Waals surface area contributed by atoms with Crippen molar-refractivity contribution in [3.63, 3.8) is 0 Å². The van der Waals surface area contributed by atoms with Crippen molar-refractivity contribution in [3.05, 3.63) is 77.2 Å². The van der Waals surface area contributed by atoms with Gasteiger partial charge in [0.05, 0.1) is 12.1 Å². The molecule has 6 heteroatoms. The first-order valence-electron chi connectivity index (χ1n) is 11.6. The first kappa shape index (κ1) is 22.1. The summed E-state index contributed by atoms with van der Waals surface area (Å²) in [4.78, 5) is 18.9. The molecule has 2 aliphatic rings. The van der Waals surface area contributed by atoms with E-state index in [4.69, 9.17) is 4.74 Å². The van der Waals surface area contributed by atoms with E-state index in [-0.39, 0.29) is 18.1 Å². The van der Waals surface area contributed by atoms with Gasteiger partial charge in [0, 0.05) is 31.6 Å². The Hall–Kier alpha value is -2.67. The van der Waals surface area contributed by atoms with Gasteiger partial charge in [0.25, 0.3) is 5.91 Å². The Morgan fingerprint density at radius 2 is 2.03 bits per heavy atom. The number of aliphatic hydroxyl groups is 1. The van der Waals surface area contributed by atoms with Crippen LogP contribution in [0.1, 0.15) is 30.0 Å². The second kappa shape index (κ2) is 9.67. The predicted octanol–water partition coefficient (Wildman–Crippen LogP) is 4.38. The van der Waals surface area contributed by atoms with Crippen LogP contribution >= 0.6 is 11.3 Å². The molecule has 1 fully saturated rings. The molecule has 0 saturated carbocycles. The highest BCUT2D eigenvalue weighted by atomic mass is 32.1. The van der Waals surface area contributed by atoms with Gasteiger partial charge in [-0.3, -0.25) is 9.69 Å². The molecule has 0 spiro atoms. The standard InChI is InChI=1S/C27H30N2O3S/c1-28(23(19-6-3-2-4-7-19)18-29-14-13-22(30)17-29)27(31)25-12-9-20-16-21(10-11-24(20)32-25)26-8-5-15-33-26/h2-8,10-11,15-16,22-23,25,30H,9,12-14,17-18H2,1H3/t22-,23+,25-/m0/s1. The molecule has 3 atom stereocenters. The van der Waals surface area contributed by atoms with Crippen LogP contribution in [0.4, 0.5) is 0 Å². The summed E-state index contributed by atoms with van der Waals surface area (Å²) >= 11 is 1.73. The van der Waals surface area contributed by atoms with E-state index in [0.717, 1.165) is 30.7 Å². The highest BCUT2D eigenvalue weighted by Gasteiger charge is 2.34. The van der Waals surface area contributed by atoms with Gasteiger partial charge in [0.2, 0.25) is 0 Å². The number of likely N-dealkylation sites (tertiary alicyclic amines) is 1. The third-order valence-electron chi connectivity index (χ3n) is 6.76. The van der Waals surface area contributed by atoms with E-state index in [2.05, 4.69) is 46.7 Å². The van der Waals surface area contributed by atoms with Gasteiger partial charge < -0.3 is 14.7 Å². The quantitative estimate of drug-likeness (QED) is 0.591. The predicted molar refractivity (Wildman–Crippen MR) is 132 cm³/mol. The molecule has 5 rings (SSSR count). The van der Waals surface area contributed by atoms with Crippen molar-refractivity contribution in [1.82, 2.24) is 9.80 Å². The number of ether oxygens (including phenoxy) is 1. The molecule has 2 aromatic carbocycles. The van der Waals surface area contributed by atoms with E-state index in [9.17, 15) is 9.90 Å². The molecule has 1 aromatic heterocycles. The lowest BCUT2D eigenvalue weighted by Gasteiger charge is -2.35. The average molecular weight is 463 g/mol. The van der Waals surface area contributed by atoms with E-state index in [1.165, 1.54) is 16.0 Å². The van der Waals surface area contributed by atoms with Crippen molar-refractivity contribution in [2.45, 2.75) is 37.5 Å². The summed E-state index contributed by atoms with van der Waals surface area (Å²) in [7, 11) is 1.88. The van der Waals surface area contributed by atoms with Crippen molar-refractivity contribution < 1.29 is 14.6 Å². The number of carbonyl (C=O) groups is 1. The number of rotatable bonds is 6. The number of benzene rings is 2. The fourth-order valence-corrected chi connectivity index (χ4v) is 5.61. The molecule has 172 valence electrons. The molecule has 3 aromatic rings. The maximum atomic E-state index is 13.5. The largest absolute Gasteiger partial charge is 0.480 e. The number of β-amino-alcohol motifs (C(OH)–C–C–N with tert-alkyl or cyclic N) is 1. The van der Waals surface area contributed by atoms with E-state index in [1.807, 2.05) is 36.2 Å². The molecule has 5 nitrogen and oxygen atoms in total. The van der Waals surface area contributed by atoms with Gasteiger partial charge in [-0.05, 0) is 65.6 Å². The van der Waals surface area contributed by atoms with Crippen molar-refractivity contribution >= 4 is 17.2 Å². The number of amides is 1. The number of hydrogen-bond acceptors (Lipinski definition) is 5. The second-order valence-corrected chi connectivity index (χ2v) is 9.97. The SMILES string of the molecule is CN(C(=O)[C@@H]1CCc2cc(-c3cccs3)ccc2O1)[C@H](CN1CC[C@H](O)C1)c1ccccc1. The number of aryl methyl sites for hydroxylation is 1. The zero-order chi connectivity index (χ0) is 22.8. The Morgan fingerprint density at radius 3 is 2.76 bits per heavy atom. The minimum Gasteiger partial charge on any atom is -0.480 e. The topological polar surface area (TPSA) is 53.0 Å². The van der Waals surface area contributed by atoms with Crippen molar-refractivity contribution in [3.8, 4) is 16.2 Å². The van der Waals surface area contributed by atoms with Crippen LogP contribution in [0.15, 0.2) is 66.0 Å². The molecule has 1 amide bonds. The normalized spacial score (nSPS) is 21.3. The van der Waals surface area contributed by atoms with E-state index in [0.29, 0.717) is 19.5 Å². The maximum Gasteiger partial charge on any atom is 0.263 e. The van der Waals surface area contributed by atoms with Crippen LogP contribution in [0.2, 0.25) is 0 Å². The van der Waals surface area contributed by atoms with E-state index in [1.54, 1.807) is 11.3 Å². The highest BCUT2D eigenvalue weighted by molar-refractivity contribution is 7.13. The summed E-state index contributed by atoms with van der Waals surface area (Å²) in [6.45, 7) is 2.22. The minimum atomic E-state index is -0.481. The first-order chi connectivity index (χ1) is 16.1.